The predicted molar refractivity (Wildman–Crippen MR) is 137 cm³/mol. The van der Waals surface area contributed by atoms with Crippen molar-refractivity contribution < 1.29 is 9.59 Å². The number of anilines is 1. The molecule has 0 unspecified atom stereocenters. The highest BCUT2D eigenvalue weighted by Crippen LogP contribution is 2.22. The van der Waals surface area contributed by atoms with E-state index in [2.05, 4.69) is 38.7 Å². The number of rotatable bonds is 11. The van der Waals surface area contributed by atoms with Gasteiger partial charge in [0.15, 0.2) is 0 Å². The van der Waals surface area contributed by atoms with E-state index in [0.717, 1.165) is 45.4 Å². The number of carbonyl (C=O) groups excluding carboxylic acids is 2. The third kappa shape index (κ3) is 8.52. The SMILES string of the molecule is O=C(CSc1ccc(Br)cc1)NCCCCCC(=O)Nc1cccc(-c2ccccc2)c1. The third-order valence-electron chi connectivity index (χ3n) is 4.84. The Morgan fingerprint density at radius 1 is 0.781 bits per heavy atom. The molecule has 0 fully saturated rings. The molecule has 0 saturated heterocycles. The lowest BCUT2D eigenvalue weighted by molar-refractivity contribution is -0.118. The molecule has 0 heterocycles. The van der Waals surface area contributed by atoms with Crippen LogP contribution in [0.1, 0.15) is 25.7 Å². The number of hydrogen-bond donors (Lipinski definition) is 2. The van der Waals surface area contributed by atoms with E-state index in [1.165, 1.54) is 11.8 Å². The smallest absolute Gasteiger partial charge is 0.230 e. The maximum atomic E-state index is 12.3. The molecular weight excluding hydrogens is 484 g/mol. The number of thioether (sulfide) groups is 1. The molecule has 2 amide bonds. The lowest BCUT2D eigenvalue weighted by Crippen LogP contribution is -2.26. The number of unbranched alkanes of at least 4 members (excludes halogenated alkanes) is 2. The molecule has 6 heteroatoms. The van der Waals surface area contributed by atoms with E-state index in [4.69, 9.17) is 0 Å². The van der Waals surface area contributed by atoms with Gasteiger partial charge in [0.25, 0.3) is 0 Å². The monoisotopic (exact) mass is 510 g/mol. The van der Waals surface area contributed by atoms with Crippen LogP contribution in [0.5, 0.6) is 0 Å². The highest BCUT2D eigenvalue weighted by molar-refractivity contribution is 9.10. The van der Waals surface area contributed by atoms with E-state index in [0.29, 0.717) is 18.7 Å². The fourth-order valence-electron chi connectivity index (χ4n) is 3.18. The third-order valence-corrected chi connectivity index (χ3v) is 6.38. The van der Waals surface area contributed by atoms with Crippen molar-refractivity contribution in [3.05, 3.63) is 83.3 Å². The molecule has 0 radical (unpaired) electrons. The second kappa shape index (κ2) is 13.1. The van der Waals surface area contributed by atoms with E-state index in [-0.39, 0.29) is 11.8 Å². The molecule has 166 valence electrons. The summed E-state index contributed by atoms with van der Waals surface area (Å²) in [6, 6.07) is 25.9. The zero-order valence-electron chi connectivity index (χ0n) is 17.9. The first kappa shape index (κ1) is 24.1. The molecule has 0 aliphatic carbocycles. The van der Waals surface area contributed by atoms with E-state index in [1.54, 1.807) is 0 Å². The van der Waals surface area contributed by atoms with Gasteiger partial charge >= 0.3 is 0 Å². The Morgan fingerprint density at radius 2 is 1.53 bits per heavy atom. The molecule has 4 nitrogen and oxygen atoms in total. The minimum Gasteiger partial charge on any atom is -0.355 e. The number of hydrogen-bond acceptors (Lipinski definition) is 3. The summed E-state index contributed by atoms with van der Waals surface area (Å²) in [7, 11) is 0. The van der Waals surface area contributed by atoms with Crippen molar-refractivity contribution in [2.75, 3.05) is 17.6 Å². The van der Waals surface area contributed by atoms with Gasteiger partial charge < -0.3 is 10.6 Å². The van der Waals surface area contributed by atoms with E-state index in [1.807, 2.05) is 66.7 Å². The normalized spacial score (nSPS) is 10.5. The number of carbonyl (C=O) groups is 2. The summed E-state index contributed by atoms with van der Waals surface area (Å²) in [6.07, 6.45) is 3.04. The van der Waals surface area contributed by atoms with Crippen LogP contribution in [-0.2, 0) is 9.59 Å². The molecule has 0 aliphatic heterocycles. The van der Waals surface area contributed by atoms with Gasteiger partial charge in [0, 0.05) is 28.0 Å². The number of halogens is 1. The van der Waals surface area contributed by atoms with E-state index >= 15 is 0 Å². The van der Waals surface area contributed by atoms with Gasteiger partial charge in [-0.1, -0.05) is 64.8 Å². The number of nitrogens with one attached hydrogen (secondary N) is 2. The molecule has 2 N–H and O–H groups in total. The van der Waals surface area contributed by atoms with Crippen LogP contribution in [0.25, 0.3) is 11.1 Å². The Kier molecular flexibility index (Phi) is 9.85. The summed E-state index contributed by atoms with van der Waals surface area (Å²) in [6.45, 7) is 0.639. The Bertz CT molecular complexity index is 1010. The molecule has 3 rings (SSSR count). The summed E-state index contributed by atoms with van der Waals surface area (Å²) < 4.78 is 1.03. The maximum Gasteiger partial charge on any atom is 0.230 e. The van der Waals surface area contributed by atoms with Crippen molar-refractivity contribution in [1.82, 2.24) is 5.32 Å². The van der Waals surface area contributed by atoms with Crippen LogP contribution in [0.4, 0.5) is 5.69 Å². The van der Waals surface area contributed by atoms with Crippen LogP contribution in [0, 0.1) is 0 Å². The van der Waals surface area contributed by atoms with Crippen LogP contribution >= 0.6 is 27.7 Å². The molecule has 3 aromatic carbocycles. The Labute approximate surface area is 202 Å². The second-order valence-corrected chi connectivity index (χ2v) is 9.36. The molecule has 0 bridgehead atoms. The van der Waals surface area contributed by atoms with Crippen molar-refractivity contribution in [3.63, 3.8) is 0 Å². The maximum absolute atomic E-state index is 12.3. The van der Waals surface area contributed by atoms with Gasteiger partial charge in [0.1, 0.15) is 0 Å². The summed E-state index contributed by atoms with van der Waals surface area (Å²) in [5.74, 6) is 0.464. The van der Waals surface area contributed by atoms with Crippen molar-refractivity contribution in [3.8, 4) is 11.1 Å². The molecule has 0 spiro atoms. The fourth-order valence-corrected chi connectivity index (χ4v) is 4.17. The Balaban J connectivity index is 1.28. The average Bonchev–Trinajstić information content (AvgIpc) is 2.81. The molecule has 0 aromatic heterocycles. The zero-order chi connectivity index (χ0) is 22.6. The molecule has 3 aromatic rings. The average molecular weight is 511 g/mol. The molecule has 0 aliphatic rings. The quantitative estimate of drug-likeness (QED) is 0.228. The minimum absolute atomic E-state index is 0.0187. The first-order valence-electron chi connectivity index (χ1n) is 10.7. The summed E-state index contributed by atoms with van der Waals surface area (Å²) >= 11 is 4.93. The van der Waals surface area contributed by atoms with Gasteiger partial charge in [0.05, 0.1) is 5.75 Å². The van der Waals surface area contributed by atoms with Crippen LogP contribution in [0.3, 0.4) is 0 Å². The number of benzene rings is 3. The van der Waals surface area contributed by atoms with Crippen LogP contribution < -0.4 is 10.6 Å². The van der Waals surface area contributed by atoms with Crippen molar-refractivity contribution in [1.29, 1.82) is 0 Å². The highest BCUT2D eigenvalue weighted by atomic mass is 79.9. The first-order chi connectivity index (χ1) is 15.6. The predicted octanol–water partition coefficient (Wildman–Crippen LogP) is 6.52. The molecule has 0 atom stereocenters. The zero-order valence-corrected chi connectivity index (χ0v) is 20.3. The minimum atomic E-state index is 0.0187. The van der Waals surface area contributed by atoms with Crippen molar-refractivity contribution >= 4 is 45.2 Å². The summed E-state index contributed by atoms with van der Waals surface area (Å²) in [5, 5.41) is 5.93. The van der Waals surface area contributed by atoms with Gasteiger partial charge in [-0.2, -0.15) is 0 Å². The highest BCUT2D eigenvalue weighted by Gasteiger charge is 2.05. The lowest BCUT2D eigenvalue weighted by Gasteiger charge is -2.08. The topological polar surface area (TPSA) is 58.2 Å². The fraction of sp³-hybridized carbons (Fsp3) is 0.231. The molecule has 0 saturated carbocycles. The number of amides is 2. The Morgan fingerprint density at radius 3 is 2.31 bits per heavy atom. The molecule has 32 heavy (non-hydrogen) atoms. The molecular formula is C26H27BrN2O2S. The second-order valence-electron chi connectivity index (χ2n) is 7.40. The van der Waals surface area contributed by atoms with E-state index in [9.17, 15) is 9.59 Å². The van der Waals surface area contributed by atoms with Gasteiger partial charge in [-0.25, -0.2) is 0 Å². The van der Waals surface area contributed by atoms with Crippen molar-refractivity contribution in [2.24, 2.45) is 0 Å². The standard InChI is InChI=1S/C26H27BrN2O2S/c27-22-13-15-24(16-14-22)32-19-26(31)28-17-6-2-5-12-25(30)29-23-11-7-10-21(18-23)20-8-3-1-4-9-20/h1,3-4,7-11,13-16,18H,2,5-6,12,17,19H2,(H,28,31)(H,29,30). The van der Waals surface area contributed by atoms with Gasteiger partial charge in [0.2, 0.25) is 11.8 Å². The summed E-state index contributed by atoms with van der Waals surface area (Å²) in [4.78, 5) is 25.3. The van der Waals surface area contributed by atoms with Crippen LogP contribution in [0.15, 0.2) is 88.2 Å². The largest absolute Gasteiger partial charge is 0.355 e. The van der Waals surface area contributed by atoms with E-state index < -0.39 is 0 Å². The van der Waals surface area contributed by atoms with Crippen LogP contribution in [-0.4, -0.2) is 24.1 Å². The summed E-state index contributed by atoms with van der Waals surface area (Å²) in [5.41, 5.74) is 3.02. The Hall–Kier alpha value is -2.57. The van der Waals surface area contributed by atoms with Gasteiger partial charge in [-0.3, -0.25) is 9.59 Å². The lowest BCUT2D eigenvalue weighted by atomic mass is 10.1. The van der Waals surface area contributed by atoms with Crippen molar-refractivity contribution in [2.45, 2.75) is 30.6 Å². The first-order valence-corrected chi connectivity index (χ1v) is 12.5. The van der Waals surface area contributed by atoms with Gasteiger partial charge in [-0.15, -0.1) is 11.8 Å². The van der Waals surface area contributed by atoms with Gasteiger partial charge in [-0.05, 0) is 60.4 Å². The van der Waals surface area contributed by atoms with Crippen LogP contribution in [0.2, 0.25) is 0 Å².